The van der Waals surface area contributed by atoms with Gasteiger partial charge >= 0.3 is 5.97 Å². The SMILES string of the molecule is C[Si](C)(C)C1(C(=O)O)Cc2ccccc2S1. The van der Waals surface area contributed by atoms with Gasteiger partial charge in [-0.15, -0.1) is 11.8 Å². The fourth-order valence-corrected chi connectivity index (χ4v) is 6.13. The molecule has 1 N–H and O–H groups in total. The standard InChI is InChI=1S/C12H16O2SSi/c1-16(2,3)12(11(13)14)8-9-6-4-5-7-10(9)15-12/h4-7H,8H2,1-3H3,(H,13,14). The number of fused-ring (bicyclic) bond motifs is 1. The van der Waals surface area contributed by atoms with Crippen molar-refractivity contribution in [3.8, 4) is 0 Å². The predicted molar refractivity (Wildman–Crippen MR) is 69.7 cm³/mol. The van der Waals surface area contributed by atoms with Gasteiger partial charge < -0.3 is 5.11 Å². The quantitative estimate of drug-likeness (QED) is 0.822. The molecule has 86 valence electrons. The van der Waals surface area contributed by atoms with Crippen LogP contribution in [0, 0.1) is 0 Å². The summed E-state index contributed by atoms with van der Waals surface area (Å²) in [6.45, 7) is 6.42. The van der Waals surface area contributed by atoms with Crippen LogP contribution in [0.4, 0.5) is 0 Å². The fourth-order valence-electron chi connectivity index (χ4n) is 2.10. The van der Waals surface area contributed by atoms with Gasteiger partial charge in [-0.2, -0.15) is 0 Å². The zero-order valence-corrected chi connectivity index (χ0v) is 11.6. The average Bonchev–Trinajstić information content (AvgIpc) is 2.56. The minimum Gasteiger partial charge on any atom is -0.480 e. The van der Waals surface area contributed by atoms with Crippen molar-refractivity contribution in [3.05, 3.63) is 29.8 Å². The van der Waals surface area contributed by atoms with E-state index >= 15 is 0 Å². The van der Waals surface area contributed by atoms with Crippen LogP contribution in [0.25, 0.3) is 0 Å². The van der Waals surface area contributed by atoms with Crippen molar-refractivity contribution in [2.45, 2.75) is 35.3 Å². The summed E-state index contributed by atoms with van der Waals surface area (Å²) in [7, 11) is -1.77. The van der Waals surface area contributed by atoms with E-state index in [2.05, 4.69) is 19.6 Å². The van der Waals surface area contributed by atoms with Gasteiger partial charge in [0.2, 0.25) is 0 Å². The summed E-state index contributed by atoms with van der Waals surface area (Å²) >= 11 is 1.56. The molecule has 1 unspecified atom stereocenters. The maximum Gasteiger partial charge on any atom is 0.317 e. The smallest absolute Gasteiger partial charge is 0.317 e. The Morgan fingerprint density at radius 2 is 2.00 bits per heavy atom. The van der Waals surface area contributed by atoms with Crippen LogP contribution in [0.3, 0.4) is 0 Å². The van der Waals surface area contributed by atoms with Crippen LogP contribution in [0.1, 0.15) is 5.56 Å². The molecule has 1 atom stereocenters. The van der Waals surface area contributed by atoms with Gasteiger partial charge in [0.25, 0.3) is 0 Å². The number of rotatable bonds is 2. The van der Waals surface area contributed by atoms with Gasteiger partial charge in [0, 0.05) is 4.90 Å². The van der Waals surface area contributed by atoms with Gasteiger partial charge in [0.15, 0.2) is 0 Å². The molecule has 0 radical (unpaired) electrons. The lowest BCUT2D eigenvalue weighted by atomic mass is 10.1. The van der Waals surface area contributed by atoms with Crippen LogP contribution < -0.4 is 0 Å². The molecule has 4 heteroatoms. The lowest BCUT2D eigenvalue weighted by Gasteiger charge is -2.35. The second-order valence-electron chi connectivity index (χ2n) is 5.27. The van der Waals surface area contributed by atoms with Crippen molar-refractivity contribution in [2.24, 2.45) is 0 Å². The van der Waals surface area contributed by atoms with E-state index in [9.17, 15) is 9.90 Å². The van der Waals surface area contributed by atoms with Gasteiger partial charge in [0.1, 0.15) is 4.37 Å². The Balaban J connectivity index is 2.47. The molecular weight excluding hydrogens is 236 g/mol. The molecule has 16 heavy (non-hydrogen) atoms. The second kappa shape index (κ2) is 3.63. The topological polar surface area (TPSA) is 37.3 Å². The number of carboxylic acid groups (broad SMARTS) is 1. The molecule has 2 nitrogen and oxygen atoms in total. The third-order valence-corrected chi connectivity index (χ3v) is 9.50. The minimum atomic E-state index is -1.77. The van der Waals surface area contributed by atoms with Crippen LogP contribution >= 0.6 is 11.8 Å². The largest absolute Gasteiger partial charge is 0.480 e. The highest BCUT2D eigenvalue weighted by molar-refractivity contribution is 8.03. The molecule has 1 aromatic rings. The molecule has 1 aromatic carbocycles. The van der Waals surface area contributed by atoms with E-state index < -0.39 is 18.4 Å². The molecule has 0 aromatic heterocycles. The summed E-state index contributed by atoms with van der Waals surface area (Å²) in [4.78, 5) is 12.8. The number of aliphatic carboxylic acids is 1. The molecule has 0 spiro atoms. The first kappa shape index (κ1) is 11.7. The van der Waals surface area contributed by atoms with E-state index in [-0.39, 0.29) is 0 Å². The third kappa shape index (κ3) is 1.60. The Hall–Kier alpha value is -0.743. The number of benzene rings is 1. The molecule has 0 bridgehead atoms. The minimum absolute atomic E-state index is 0.587. The van der Waals surface area contributed by atoms with Crippen molar-refractivity contribution >= 4 is 25.8 Å². The van der Waals surface area contributed by atoms with Crippen LogP contribution in [-0.2, 0) is 11.2 Å². The molecule has 0 saturated carbocycles. The summed E-state index contributed by atoms with van der Waals surface area (Å²) in [5, 5.41) is 9.59. The van der Waals surface area contributed by atoms with Crippen molar-refractivity contribution in [1.82, 2.24) is 0 Å². The van der Waals surface area contributed by atoms with E-state index in [4.69, 9.17) is 0 Å². The first-order chi connectivity index (χ1) is 7.37. The molecule has 1 heterocycles. The predicted octanol–water partition coefficient (Wildman–Crippen LogP) is 3.04. The Kier molecular flexibility index (Phi) is 2.67. The number of hydrogen-bond donors (Lipinski definition) is 1. The van der Waals surface area contributed by atoms with Gasteiger partial charge in [-0.05, 0) is 18.1 Å². The maximum atomic E-state index is 11.7. The van der Waals surface area contributed by atoms with Gasteiger partial charge in [-0.1, -0.05) is 37.8 Å². The summed E-state index contributed by atoms with van der Waals surface area (Å²) in [6, 6.07) is 8.05. The molecule has 0 amide bonds. The number of carbonyl (C=O) groups is 1. The second-order valence-corrected chi connectivity index (χ2v) is 12.3. The van der Waals surface area contributed by atoms with Crippen LogP contribution in [-0.4, -0.2) is 23.5 Å². The van der Waals surface area contributed by atoms with Crippen molar-refractivity contribution in [2.75, 3.05) is 0 Å². The highest BCUT2D eigenvalue weighted by Crippen LogP contribution is 2.50. The van der Waals surface area contributed by atoms with E-state index in [0.717, 1.165) is 4.90 Å². The van der Waals surface area contributed by atoms with Crippen molar-refractivity contribution in [1.29, 1.82) is 0 Å². The first-order valence-corrected chi connectivity index (χ1v) is 9.69. The lowest BCUT2D eigenvalue weighted by Crippen LogP contribution is -2.55. The molecule has 0 aliphatic carbocycles. The van der Waals surface area contributed by atoms with Crippen molar-refractivity contribution < 1.29 is 9.90 Å². The molecule has 0 fully saturated rings. The van der Waals surface area contributed by atoms with E-state index in [1.165, 1.54) is 5.56 Å². The van der Waals surface area contributed by atoms with Crippen LogP contribution in [0.5, 0.6) is 0 Å². The first-order valence-electron chi connectivity index (χ1n) is 5.37. The number of hydrogen-bond acceptors (Lipinski definition) is 2. The average molecular weight is 252 g/mol. The molecule has 1 aliphatic heterocycles. The van der Waals surface area contributed by atoms with Crippen LogP contribution in [0.15, 0.2) is 29.2 Å². The van der Waals surface area contributed by atoms with Gasteiger partial charge in [-0.3, -0.25) is 4.79 Å². The van der Waals surface area contributed by atoms with E-state index in [1.807, 2.05) is 24.3 Å². The Bertz CT molecular complexity index is 412. The highest BCUT2D eigenvalue weighted by atomic mass is 32.2. The molecular formula is C12H16O2SSi. The number of thioether (sulfide) groups is 1. The zero-order chi connectivity index (χ0) is 12.0. The van der Waals surface area contributed by atoms with E-state index in [0.29, 0.717) is 6.42 Å². The summed E-state index contributed by atoms with van der Waals surface area (Å²) in [5.74, 6) is -0.645. The van der Waals surface area contributed by atoms with Crippen molar-refractivity contribution in [3.63, 3.8) is 0 Å². The Morgan fingerprint density at radius 3 is 2.50 bits per heavy atom. The summed E-state index contributed by atoms with van der Waals surface area (Å²) in [6.07, 6.45) is 0.679. The monoisotopic (exact) mass is 252 g/mol. The summed E-state index contributed by atoms with van der Waals surface area (Å²) < 4.78 is -0.587. The maximum absolute atomic E-state index is 11.7. The fraction of sp³-hybridized carbons (Fsp3) is 0.417. The molecule has 0 saturated heterocycles. The number of carboxylic acids is 1. The Morgan fingerprint density at radius 1 is 1.38 bits per heavy atom. The third-order valence-electron chi connectivity index (χ3n) is 3.25. The summed E-state index contributed by atoms with van der Waals surface area (Å²) in [5.41, 5.74) is 1.19. The van der Waals surface area contributed by atoms with E-state index in [1.54, 1.807) is 11.8 Å². The zero-order valence-electron chi connectivity index (χ0n) is 9.78. The van der Waals surface area contributed by atoms with Crippen LogP contribution in [0.2, 0.25) is 19.6 Å². The van der Waals surface area contributed by atoms with Gasteiger partial charge in [0.05, 0.1) is 8.07 Å². The lowest BCUT2D eigenvalue weighted by molar-refractivity contribution is -0.137. The molecule has 2 rings (SSSR count). The molecule has 1 aliphatic rings. The Labute approximate surface area is 101 Å². The highest BCUT2D eigenvalue weighted by Gasteiger charge is 2.54. The normalized spacial score (nSPS) is 24.2. The van der Waals surface area contributed by atoms with Gasteiger partial charge in [-0.25, -0.2) is 0 Å².